The first-order chi connectivity index (χ1) is 10.2. The zero-order chi connectivity index (χ0) is 14.7. The van der Waals surface area contributed by atoms with Gasteiger partial charge in [0.15, 0.2) is 0 Å². The van der Waals surface area contributed by atoms with Crippen LogP contribution in [0.15, 0.2) is 44.8 Å². The Bertz CT molecular complexity index is 616. The Kier molecular flexibility index (Phi) is 4.22. The minimum atomic E-state index is 0.773. The smallest absolute Gasteiger partial charge is 0.138 e. The highest BCUT2D eigenvalue weighted by molar-refractivity contribution is 7.09. The van der Waals surface area contributed by atoms with Crippen LogP contribution in [0.3, 0.4) is 0 Å². The van der Waals surface area contributed by atoms with E-state index in [1.165, 1.54) is 4.88 Å². The fraction of sp³-hybridized carbons (Fsp3) is 0.312. The summed E-state index contributed by atoms with van der Waals surface area (Å²) >= 11 is 1.77. The minimum Gasteiger partial charge on any atom is -0.468 e. The van der Waals surface area contributed by atoms with Gasteiger partial charge >= 0.3 is 0 Å². The predicted octanol–water partition coefficient (Wildman–Crippen LogP) is 4.15. The monoisotopic (exact) mass is 302 g/mol. The van der Waals surface area contributed by atoms with Gasteiger partial charge in [-0.2, -0.15) is 0 Å². The van der Waals surface area contributed by atoms with Crippen LogP contribution in [0, 0.1) is 13.8 Å². The summed E-state index contributed by atoms with van der Waals surface area (Å²) in [6.07, 6.45) is 1.72. The number of thiophene rings is 1. The Labute approximate surface area is 128 Å². The quantitative estimate of drug-likeness (QED) is 0.686. The highest BCUT2D eigenvalue weighted by atomic mass is 32.1. The minimum absolute atomic E-state index is 0.773. The van der Waals surface area contributed by atoms with Gasteiger partial charge in [-0.3, -0.25) is 4.90 Å². The largest absolute Gasteiger partial charge is 0.468 e. The van der Waals surface area contributed by atoms with E-state index in [-0.39, 0.29) is 0 Å². The molecule has 3 aromatic heterocycles. The van der Waals surface area contributed by atoms with Crippen LogP contribution in [-0.2, 0) is 19.6 Å². The Balaban J connectivity index is 1.78. The average molecular weight is 302 g/mol. The van der Waals surface area contributed by atoms with Crippen molar-refractivity contribution in [1.29, 1.82) is 0 Å². The molecule has 0 N–H and O–H groups in total. The van der Waals surface area contributed by atoms with E-state index in [0.29, 0.717) is 0 Å². The van der Waals surface area contributed by atoms with Crippen molar-refractivity contribution in [1.82, 2.24) is 10.1 Å². The molecule has 0 atom stereocenters. The SMILES string of the molecule is Cc1noc(C)c1CN(Cc1ccco1)Cc1cccs1. The number of nitrogens with zero attached hydrogens (tertiary/aromatic N) is 2. The van der Waals surface area contributed by atoms with Crippen LogP contribution in [0.2, 0.25) is 0 Å². The van der Waals surface area contributed by atoms with E-state index in [0.717, 1.165) is 42.4 Å². The molecule has 4 nitrogen and oxygen atoms in total. The Hall–Kier alpha value is -1.85. The van der Waals surface area contributed by atoms with Crippen LogP contribution >= 0.6 is 11.3 Å². The summed E-state index contributed by atoms with van der Waals surface area (Å²) in [5, 5.41) is 6.15. The Morgan fingerprint density at radius 3 is 2.67 bits per heavy atom. The molecule has 0 saturated carbocycles. The molecule has 3 aromatic rings. The normalized spacial score (nSPS) is 11.4. The molecule has 0 radical (unpaired) electrons. The number of furan rings is 1. The van der Waals surface area contributed by atoms with Crippen molar-refractivity contribution >= 4 is 11.3 Å². The highest BCUT2D eigenvalue weighted by Gasteiger charge is 2.16. The van der Waals surface area contributed by atoms with Crippen LogP contribution in [0.4, 0.5) is 0 Å². The van der Waals surface area contributed by atoms with E-state index in [9.17, 15) is 0 Å². The van der Waals surface area contributed by atoms with Crippen molar-refractivity contribution in [2.45, 2.75) is 33.5 Å². The van der Waals surface area contributed by atoms with Gasteiger partial charge in [0.2, 0.25) is 0 Å². The molecule has 110 valence electrons. The second-order valence-corrected chi connectivity index (χ2v) is 6.14. The fourth-order valence-corrected chi connectivity index (χ4v) is 3.11. The zero-order valence-corrected chi connectivity index (χ0v) is 13.0. The maximum absolute atomic E-state index is 5.49. The highest BCUT2D eigenvalue weighted by Crippen LogP contribution is 2.20. The van der Waals surface area contributed by atoms with E-state index in [4.69, 9.17) is 8.94 Å². The topological polar surface area (TPSA) is 42.4 Å². The predicted molar refractivity (Wildman–Crippen MR) is 82.0 cm³/mol. The first-order valence-electron chi connectivity index (χ1n) is 6.91. The molecule has 0 amide bonds. The molecule has 3 heterocycles. The molecule has 0 fully saturated rings. The van der Waals surface area contributed by atoms with Crippen LogP contribution < -0.4 is 0 Å². The number of rotatable bonds is 6. The lowest BCUT2D eigenvalue weighted by molar-refractivity contribution is 0.227. The Morgan fingerprint density at radius 1 is 1.14 bits per heavy atom. The second-order valence-electron chi connectivity index (χ2n) is 5.11. The van der Waals surface area contributed by atoms with Crippen LogP contribution in [0.1, 0.15) is 27.7 Å². The molecule has 3 rings (SSSR count). The van der Waals surface area contributed by atoms with E-state index >= 15 is 0 Å². The summed E-state index contributed by atoms with van der Waals surface area (Å²) in [4.78, 5) is 3.69. The van der Waals surface area contributed by atoms with Gasteiger partial charge in [0.25, 0.3) is 0 Å². The zero-order valence-electron chi connectivity index (χ0n) is 12.2. The summed E-state index contributed by atoms with van der Waals surface area (Å²) in [5.41, 5.74) is 2.13. The number of hydrogen-bond donors (Lipinski definition) is 0. The second kappa shape index (κ2) is 6.28. The first kappa shape index (κ1) is 14.1. The molecule has 21 heavy (non-hydrogen) atoms. The maximum Gasteiger partial charge on any atom is 0.138 e. The van der Waals surface area contributed by atoms with Crippen molar-refractivity contribution in [2.75, 3.05) is 0 Å². The van der Waals surface area contributed by atoms with Gasteiger partial charge in [0.1, 0.15) is 11.5 Å². The number of aromatic nitrogens is 1. The van der Waals surface area contributed by atoms with Gasteiger partial charge in [-0.05, 0) is 37.4 Å². The summed E-state index contributed by atoms with van der Waals surface area (Å²) in [6.45, 7) is 6.42. The average Bonchev–Trinajstić information content (AvgIpc) is 3.19. The third-order valence-corrected chi connectivity index (χ3v) is 4.34. The van der Waals surface area contributed by atoms with E-state index in [1.807, 2.05) is 26.0 Å². The molecule has 0 aromatic carbocycles. The molecule has 0 aliphatic heterocycles. The molecule has 0 aliphatic carbocycles. The molecule has 0 aliphatic rings. The van der Waals surface area contributed by atoms with Gasteiger partial charge in [-0.1, -0.05) is 11.2 Å². The lowest BCUT2D eigenvalue weighted by Crippen LogP contribution is -2.22. The summed E-state index contributed by atoms with van der Waals surface area (Å²) in [5.74, 6) is 1.86. The van der Waals surface area contributed by atoms with Crippen LogP contribution in [-0.4, -0.2) is 10.1 Å². The first-order valence-corrected chi connectivity index (χ1v) is 7.79. The van der Waals surface area contributed by atoms with Crippen molar-refractivity contribution in [3.8, 4) is 0 Å². The molecular weight excluding hydrogens is 284 g/mol. The fourth-order valence-electron chi connectivity index (χ4n) is 2.36. The molecular formula is C16H18N2O2S. The van der Waals surface area contributed by atoms with Gasteiger partial charge < -0.3 is 8.94 Å². The molecule has 0 unspecified atom stereocenters. The number of aryl methyl sites for hydroxylation is 2. The van der Waals surface area contributed by atoms with Gasteiger partial charge in [-0.25, -0.2) is 0 Å². The third kappa shape index (κ3) is 3.43. The summed E-state index contributed by atoms with van der Waals surface area (Å²) in [7, 11) is 0. The molecule has 0 saturated heterocycles. The summed E-state index contributed by atoms with van der Waals surface area (Å²) < 4.78 is 10.8. The van der Waals surface area contributed by atoms with E-state index < -0.39 is 0 Å². The molecule has 0 bridgehead atoms. The maximum atomic E-state index is 5.49. The van der Waals surface area contributed by atoms with Crippen molar-refractivity contribution in [3.63, 3.8) is 0 Å². The summed E-state index contributed by atoms with van der Waals surface area (Å²) in [6, 6.07) is 8.18. The van der Waals surface area contributed by atoms with Crippen molar-refractivity contribution < 1.29 is 8.94 Å². The number of hydrogen-bond acceptors (Lipinski definition) is 5. The lowest BCUT2D eigenvalue weighted by atomic mass is 10.2. The Morgan fingerprint density at radius 2 is 2.05 bits per heavy atom. The van der Waals surface area contributed by atoms with Crippen molar-refractivity contribution in [2.24, 2.45) is 0 Å². The van der Waals surface area contributed by atoms with Crippen LogP contribution in [0.25, 0.3) is 0 Å². The van der Waals surface area contributed by atoms with Crippen LogP contribution in [0.5, 0.6) is 0 Å². The van der Waals surface area contributed by atoms with Gasteiger partial charge in [-0.15, -0.1) is 11.3 Å². The van der Waals surface area contributed by atoms with Gasteiger partial charge in [0, 0.05) is 23.5 Å². The molecule has 5 heteroatoms. The standard InChI is InChI=1S/C16H18N2O2S/c1-12-16(13(2)20-17-12)11-18(9-14-5-3-7-19-14)10-15-6-4-8-21-15/h3-8H,9-11H2,1-2H3. The van der Waals surface area contributed by atoms with Gasteiger partial charge in [0.05, 0.1) is 18.5 Å². The van der Waals surface area contributed by atoms with Crippen molar-refractivity contribution in [3.05, 3.63) is 63.6 Å². The lowest BCUT2D eigenvalue weighted by Gasteiger charge is -2.20. The van der Waals surface area contributed by atoms with E-state index in [1.54, 1.807) is 17.6 Å². The third-order valence-electron chi connectivity index (χ3n) is 3.48. The molecule has 0 spiro atoms. The van der Waals surface area contributed by atoms with E-state index in [2.05, 4.69) is 27.6 Å².